The maximum atomic E-state index is 12.8. The van der Waals surface area contributed by atoms with Crippen LogP contribution in [0.5, 0.6) is 0 Å². The molecule has 6 rings (SSSR count). The van der Waals surface area contributed by atoms with E-state index in [0.717, 1.165) is 16.7 Å². The molecule has 2 saturated carbocycles. The molecule has 3 aliphatic carbocycles. The number of rotatable bonds is 4. The molecule has 2 aliphatic heterocycles. The van der Waals surface area contributed by atoms with E-state index in [0.29, 0.717) is 12.8 Å². The van der Waals surface area contributed by atoms with Gasteiger partial charge in [-0.15, -0.1) is 0 Å². The predicted molar refractivity (Wildman–Crippen MR) is 147 cm³/mol. The number of hydrogen-bond donors (Lipinski definition) is 1. The highest BCUT2D eigenvalue weighted by molar-refractivity contribution is 5.68. The van der Waals surface area contributed by atoms with Gasteiger partial charge in [0.1, 0.15) is 18.3 Å². The minimum Gasteiger partial charge on any atom is -0.472 e. The first-order chi connectivity index (χ1) is 19.7. The van der Waals surface area contributed by atoms with Crippen molar-refractivity contribution in [3.8, 4) is 0 Å². The summed E-state index contributed by atoms with van der Waals surface area (Å²) in [5, 5.41) is 11.4. The number of ether oxygens (including phenoxy) is 5. The Labute approximate surface area is 246 Å². The van der Waals surface area contributed by atoms with Crippen LogP contribution in [0.15, 0.2) is 34.2 Å². The smallest absolute Gasteiger partial charge is 0.303 e. The van der Waals surface area contributed by atoms with Gasteiger partial charge in [-0.25, -0.2) is 0 Å². The second-order valence-corrected chi connectivity index (χ2v) is 13.7. The first-order valence-electron chi connectivity index (χ1n) is 14.9. The number of carbonyl (C=O) groups excluding carboxylic acids is 3. The average molecular weight is 587 g/mol. The van der Waals surface area contributed by atoms with Crippen molar-refractivity contribution in [2.75, 3.05) is 6.61 Å². The molecule has 1 aromatic rings. The van der Waals surface area contributed by atoms with Crippen molar-refractivity contribution in [1.82, 2.24) is 0 Å². The summed E-state index contributed by atoms with van der Waals surface area (Å²) in [4.78, 5) is 37.6. The molecule has 12 unspecified atom stereocenters. The number of fused-ring (bicyclic) bond motifs is 4. The molecule has 10 nitrogen and oxygen atoms in total. The lowest BCUT2D eigenvalue weighted by Crippen LogP contribution is -2.72. The standard InChI is InChI=1S/C32H42O10/c1-15-20(19-8-9-37-13-19)10-21-26(15)32(7)22(11-25(36)42-21)31(6)24(40-17(3)34)12-23(39-16(2)33)30(5)14-38-27(28(30)31)29(32)41-18(4)35/h8-9,13,20-25,27-29,36H,10-12,14H2,1-7H3. The Morgan fingerprint density at radius 3 is 2.24 bits per heavy atom. The van der Waals surface area contributed by atoms with E-state index in [4.69, 9.17) is 28.1 Å². The van der Waals surface area contributed by atoms with E-state index in [-0.39, 0.29) is 30.8 Å². The monoisotopic (exact) mass is 586 g/mol. The van der Waals surface area contributed by atoms with Crippen LogP contribution in [0.3, 0.4) is 0 Å². The lowest BCUT2D eigenvalue weighted by Gasteiger charge is -2.66. The van der Waals surface area contributed by atoms with Crippen molar-refractivity contribution < 1.29 is 47.6 Å². The first kappa shape index (κ1) is 29.4. The molecular formula is C32H42O10. The Morgan fingerprint density at radius 2 is 1.62 bits per heavy atom. The SMILES string of the molecule is CC(=O)OC1CC(OC(C)=O)C2(C)C3C(OCC13C)C(OC(C)=O)C1(C)C3=C(C)C(c4ccoc4)CC3OC(O)CC12. The molecular weight excluding hydrogens is 544 g/mol. The molecule has 0 bridgehead atoms. The lowest BCUT2D eigenvalue weighted by atomic mass is 9.39. The van der Waals surface area contributed by atoms with Crippen LogP contribution in [-0.4, -0.2) is 66.4 Å². The first-order valence-corrected chi connectivity index (χ1v) is 14.9. The van der Waals surface area contributed by atoms with E-state index in [1.54, 1.807) is 12.5 Å². The fraction of sp³-hybridized carbons (Fsp3) is 0.719. The number of aliphatic hydroxyl groups is 1. The van der Waals surface area contributed by atoms with Gasteiger partial charge in [0.15, 0.2) is 6.29 Å². The molecule has 42 heavy (non-hydrogen) atoms. The van der Waals surface area contributed by atoms with E-state index in [2.05, 4.69) is 20.8 Å². The van der Waals surface area contributed by atoms with Crippen molar-refractivity contribution in [2.45, 2.75) is 110 Å². The summed E-state index contributed by atoms with van der Waals surface area (Å²) >= 11 is 0. The highest BCUT2D eigenvalue weighted by Crippen LogP contribution is 2.72. The van der Waals surface area contributed by atoms with Crippen LogP contribution in [0.25, 0.3) is 0 Å². The number of hydrogen-bond acceptors (Lipinski definition) is 10. The summed E-state index contributed by atoms with van der Waals surface area (Å²) in [5.74, 6) is -1.99. The largest absolute Gasteiger partial charge is 0.472 e. The normalized spacial score (nSPS) is 45.8. The van der Waals surface area contributed by atoms with Crippen LogP contribution < -0.4 is 0 Å². The molecule has 0 spiro atoms. The van der Waals surface area contributed by atoms with Gasteiger partial charge in [0.2, 0.25) is 0 Å². The van der Waals surface area contributed by atoms with Crippen LogP contribution >= 0.6 is 0 Å². The van der Waals surface area contributed by atoms with E-state index in [9.17, 15) is 19.5 Å². The zero-order valence-electron chi connectivity index (χ0n) is 25.4. The quantitative estimate of drug-likeness (QED) is 0.313. The fourth-order valence-electron chi connectivity index (χ4n) is 10.1. The van der Waals surface area contributed by atoms with Gasteiger partial charge in [-0.2, -0.15) is 0 Å². The molecule has 0 amide bonds. The minimum atomic E-state index is -1.10. The molecule has 2 saturated heterocycles. The summed E-state index contributed by atoms with van der Waals surface area (Å²) < 4.78 is 36.7. The van der Waals surface area contributed by atoms with Gasteiger partial charge in [0.25, 0.3) is 0 Å². The molecule has 5 aliphatic rings. The summed E-state index contributed by atoms with van der Waals surface area (Å²) in [6, 6.07) is 1.94. The number of allylic oxidation sites excluding steroid dienone is 1. The van der Waals surface area contributed by atoms with E-state index < -0.39 is 71.0 Å². The molecule has 230 valence electrons. The Morgan fingerprint density at radius 1 is 0.952 bits per heavy atom. The Bertz CT molecular complexity index is 1300. The van der Waals surface area contributed by atoms with E-state index >= 15 is 0 Å². The van der Waals surface area contributed by atoms with Gasteiger partial charge < -0.3 is 33.2 Å². The Balaban J connectivity index is 1.59. The average Bonchev–Trinajstić information content (AvgIpc) is 3.59. The third-order valence-electron chi connectivity index (χ3n) is 11.4. The number of carbonyl (C=O) groups is 3. The predicted octanol–water partition coefficient (Wildman–Crippen LogP) is 4.05. The Kier molecular flexibility index (Phi) is 6.94. The van der Waals surface area contributed by atoms with Crippen LogP contribution in [-0.2, 0) is 38.1 Å². The zero-order valence-corrected chi connectivity index (χ0v) is 25.4. The van der Waals surface area contributed by atoms with Crippen molar-refractivity contribution in [3.05, 3.63) is 35.3 Å². The molecule has 0 aromatic carbocycles. The third-order valence-corrected chi connectivity index (χ3v) is 11.4. The summed E-state index contributed by atoms with van der Waals surface area (Å²) in [6.45, 7) is 12.8. The lowest BCUT2D eigenvalue weighted by molar-refractivity contribution is -0.262. The van der Waals surface area contributed by atoms with Crippen molar-refractivity contribution >= 4 is 17.9 Å². The van der Waals surface area contributed by atoms with Crippen molar-refractivity contribution in [3.63, 3.8) is 0 Å². The molecule has 1 N–H and O–H groups in total. The van der Waals surface area contributed by atoms with Crippen LogP contribution in [0, 0.1) is 28.1 Å². The highest BCUT2D eigenvalue weighted by atomic mass is 16.6. The summed E-state index contributed by atoms with van der Waals surface area (Å²) in [6.07, 6.45) is 0.459. The second kappa shape index (κ2) is 9.92. The minimum absolute atomic E-state index is 0.00577. The number of esters is 3. The maximum absolute atomic E-state index is 12.8. The van der Waals surface area contributed by atoms with E-state index in [1.807, 2.05) is 13.0 Å². The molecule has 1 aromatic heterocycles. The molecule has 10 heteroatoms. The van der Waals surface area contributed by atoms with Crippen LogP contribution in [0.4, 0.5) is 0 Å². The van der Waals surface area contributed by atoms with Gasteiger partial charge >= 0.3 is 17.9 Å². The summed E-state index contributed by atoms with van der Waals surface area (Å²) in [7, 11) is 0. The fourth-order valence-corrected chi connectivity index (χ4v) is 10.1. The molecule has 12 atom stereocenters. The third kappa shape index (κ3) is 4.04. The van der Waals surface area contributed by atoms with Crippen LogP contribution in [0.1, 0.15) is 79.2 Å². The summed E-state index contributed by atoms with van der Waals surface area (Å²) in [5.41, 5.74) is 0.827. The van der Waals surface area contributed by atoms with Gasteiger partial charge in [-0.1, -0.05) is 26.3 Å². The van der Waals surface area contributed by atoms with E-state index in [1.165, 1.54) is 20.8 Å². The van der Waals surface area contributed by atoms with Crippen LogP contribution in [0.2, 0.25) is 0 Å². The Hall–Kier alpha value is -2.69. The van der Waals surface area contributed by atoms with Crippen molar-refractivity contribution in [1.29, 1.82) is 0 Å². The van der Waals surface area contributed by atoms with Crippen molar-refractivity contribution in [2.24, 2.45) is 28.1 Å². The molecule has 3 heterocycles. The van der Waals surface area contributed by atoms with Gasteiger partial charge in [0.05, 0.1) is 31.3 Å². The number of furan rings is 1. The topological polar surface area (TPSA) is 131 Å². The zero-order chi connectivity index (χ0) is 30.4. The molecule has 0 radical (unpaired) electrons. The number of aliphatic hydroxyl groups excluding tert-OH is 1. The van der Waals surface area contributed by atoms with Gasteiger partial charge in [-0.3, -0.25) is 14.4 Å². The maximum Gasteiger partial charge on any atom is 0.303 e. The highest BCUT2D eigenvalue weighted by Gasteiger charge is 2.77. The molecule has 4 fully saturated rings. The van der Waals surface area contributed by atoms with Gasteiger partial charge in [0, 0.05) is 61.7 Å². The second-order valence-electron chi connectivity index (χ2n) is 13.7. The van der Waals surface area contributed by atoms with Gasteiger partial charge in [-0.05, 0) is 36.5 Å².